The van der Waals surface area contributed by atoms with Gasteiger partial charge in [-0.1, -0.05) is 23.9 Å². The van der Waals surface area contributed by atoms with E-state index < -0.39 is 46.4 Å². The summed E-state index contributed by atoms with van der Waals surface area (Å²) in [5, 5.41) is 27.4. The second-order valence-corrected chi connectivity index (χ2v) is 9.94. The Morgan fingerprint density at radius 2 is 2.00 bits per heavy atom. The van der Waals surface area contributed by atoms with Crippen molar-refractivity contribution in [2.24, 2.45) is 5.73 Å². The van der Waals surface area contributed by atoms with Crippen LogP contribution in [0.1, 0.15) is 18.5 Å². The predicted octanol–water partition coefficient (Wildman–Crippen LogP) is -0.812. The third kappa shape index (κ3) is 4.64. The van der Waals surface area contributed by atoms with Gasteiger partial charge in [-0.15, -0.1) is 16.9 Å². The van der Waals surface area contributed by atoms with Crippen molar-refractivity contribution in [1.29, 1.82) is 0 Å². The Labute approximate surface area is 211 Å². The molecule has 0 unspecified atom stereocenters. The Hall–Kier alpha value is -3.56. The van der Waals surface area contributed by atoms with Crippen molar-refractivity contribution in [3.05, 3.63) is 61.8 Å². The fourth-order valence-electron chi connectivity index (χ4n) is 3.83. The smallest absolute Gasteiger partial charge is 0.352 e. The summed E-state index contributed by atoms with van der Waals surface area (Å²) in [5.41, 5.74) is 5.07. The fourth-order valence-corrected chi connectivity index (χ4v) is 6.32. The van der Waals surface area contributed by atoms with Crippen molar-refractivity contribution in [1.82, 2.24) is 25.0 Å². The van der Waals surface area contributed by atoms with E-state index in [2.05, 4.69) is 15.5 Å². The summed E-state index contributed by atoms with van der Waals surface area (Å²) in [6.45, 7) is 1.88. The van der Waals surface area contributed by atoms with Gasteiger partial charge in [0.2, 0.25) is 5.91 Å². The molecule has 3 atom stereocenters. The number of phenols is 1. The van der Waals surface area contributed by atoms with Crippen molar-refractivity contribution in [2.45, 2.75) is 36.1 Å². The lowest BCUT2D eigenvalue weighted by Gasteiger charge is -2.49. The topological polar surface area (TPSA) is 201 Å². The maximum Gasteiger partial charge on any atom is 0.352 e. The Balaban J connectivity index is 1.49. The maximum atomic E-state index is 12.9. The molecule has 2 aromatic rings. The molecule has 0 bridgehead atoms. The van der Waals surface area contributed by atoms with E-state index in [1.54, 1.807) is 6.92 Å². The fraction of sp³-hybridized carbons (Fsp3) is 0.333. The molecule has 190 valence electrons. The van der Waals surface area contributed by atoms with E-state index in [0.29, 0.717) is 11.1 Å². The lowest BCUT2D eigenvalue weighted by Crippen LogP contribution is -2.71. The van der Waals surface area contributed by atoms with Gasteiger partial charge >= 0.3 is 17.1 Å². The summed E-state index contributed by atoms with van der Waals surface area (Å²) >= 11 is 2.36. The number of aromatic nitrogens is 3. The van der Waals surface area contributed by atoms with Crippen LogP contribution in [0.5, 0.6) is 5.75 Å². The van der Waals surface area contributed by atoms with Crippen LogP contribution in [0.4, 0.5) is 0 Å². The lowest BCUT2D eigenvalue weighted by atomic mass is 10.0. The number of fused-ring (bicyclic) bond motifs is 1. The number of aliphatic carboxylic acids is 1. The molecule has 3 heterocycles. The van der Waals surface area contributed by atoms with Crippen LogP contribution in [0.2, 0.25) is 0 Å². The van der Waals surface area contributed by atoms with Crippen LogP contribution in [0.15, 0.2) is 50.3 Å². The molecule has 1 aromatic carbocycles. The van der Waals surface area contributed by atoms with Crippen LogP contribution in [-0.2, 0) is 20.9 Å². The molecule has 36 heavy (non-hydrogen) atoms. The second kappa shape index (κ2) is 10.2. The number of carboxylic acids is 1. The number of hydrogen-bond donors (Lipinski definition) is 5. The Bertz CT molecular complexity index is 1370. The van der Waals surface area contributed by atoms with E-state index in [4.69, 9.17) is 5.73 Å². The quantitative estimate of drug-likeness (QED) is 0.161. The van der Waals surface area contributed by atoms with Crippen molar-refractivity contribution in [2.75, 3.05) is 11.5 Å². The molecule has 15 heteroatoms. The number of nitrogens with zero attached hydrogens (tertiary/aromatic N) is 3. The molecule has 0 aliphatic carbocycles. The SMILES string of the molecule is CCn1c(SCC2=C(C(=O)O)N3C(=O)[C@@H](NC(=O)[C@H](N)c4ccc(O)cc4)[C@@H]3SC2)n[nH]c(=O)c1=O. The first kappa shape index (κ1) is 25.5. The number of carbonyl (C=O) groups excluding carboxylic acids is 2. The van der Waals surface area contributed by atoms with Gasteiger partial charge in [0.25, 0.3) is 5.91 Å². The zero-order valence-corrected chi connectivity index (χ0v) is 20.5. The highest BCUT2D eigenvalue weighted by Crippen LogP contribution is 2.41. The molecule has 6 N–H and O–H groups in total. The van der Waals surface area contributed by atoms with Gasteiger partial charge in [-0.25, -0.2) is 9.89 Å². The number of nitrogens with two attached hydrogens (primary N) is 1. The summed E-state index contributed by atoms with van der Waals surface area (Å²) in [5.74, 6) is -2.08. The molecule has 0 radical (unpaired) electrons. The van der Waals surface area contributed by atoms with Crippen LogP contribution >= 0.6 is 23.5 Å². The van der Waals surface area contributed by atoms with Crippen LogP contribution in [0.25, 0.3) is 0 Å². The average Bonchev–Trinajstić information content (AvgIpc) is 2.87. The van der Waals surface area contributed by atoms with Gasteiger partial charge in [0, 0.05) is 18.1 Å². The van der Waals surface area contributed by atoms with Crippen molar-refractivity contribution < 1.29 is 24.6 Å². The van der Waals surface area contributed by atoms with Crippen LogP contribution in [0, 0.1) is 0 Å². The van der Waals surface area contributed by atoms with Gasteiger partial charge in [-0.05, 0) is 30.2 Å². The normalized spacial score (nSPS) is 19.9. The molecular weight excluding hydrogens is 512 g/mol. The first-order valence-corrected chi connectivity index (χ1v) is 12.7. The van der Waals surface area contributed by atoms with E-state index in [9.17, 15) is 34.2 Å². The van der Waals surface area contributed by atoms with Gasteiger partial charge in [0.05, 0.1) is 0 Å². The Kier molecular flexibility index (Phi) is 7.23. The van der Waals surface area contributed by atoms with E-state index in [-0.39, 0.29) is 34.7 Å². The number of aromatic hydroxyl groups is 1. The summed E-state index contributed by atoms with van der Waals surface area (Å²) < 4.78 is 1.18. The highest BCUT2D eigenvalue weighted by molar-refractivity contribution is 8.01. The molecule has 2 aliphatic rings. The van der Waals surface area contributed by atoms with E-state index in [1.807, 2.05) is 0 Å². The van der Waals surface area contributed by atoms with Gasteiger partial charge < -0.3 is 21.3 Å². The number of β-lactam (4-membered cyclic amide) rings is 1. The van der Waals surface area contributed by atoms with Gasteiger partial charge in [-0.3, -0.25) is 28.6 Å². The molecule has 1 saturated heterocycles. The second-order valence-electron chi connectivity index (χ2n) is 7.90. The summed E-state index contributed by atoms with van der Waals surface area (Å²) in [4.78, 5) is 62.2. The summed E-state index contributed by atoms with van der Waals surface area (Å²) in [6, 6.07) is 3.75. The Morgan fingerprint density at radius 1 is 1.31 bits per heavy atom. The van der Waals surface area contributed by atoms with E-state index in [1.165, 1.54) is 40.6 Å². The zero-order valence-electron chi connectivity index (χ0n) is 18.8. The number of amides is 2. The number of thioether (sulfide) groups is 2. The average molecular weight is 535 g/mol. The number of benzene rings is 1. The number of aromatic amines is 1. The molecule has 0 saturated carbocycles. The van der Waals surface area contributed by atoms with Crippen LogP contribution in [0.3, 0.4) is 0 Å². The maximum absolute atomic E-state index is 12.9. The van der Waals surface area contributed by atoms with Gasteiger partial charge in [0.15, 0.2) is 5.16 Å². The first-order chi connectivity index (χ1) is 17.1. The van der Waals surface area contributed by atoms with Gasteiger partial charge in [-0.2, -0.15) is 0 Å². The zero-order chi connectivity index (χ0) is 26.1. The van der Waals surface area contributed by atoms with Crippen molar-refractivity contribution in [3.63, 3.8) is 0 Å². The molecule has 4 rings (SSSR count). The lowest BCUT2D eigenvalue weighted by molar-refractivity contribution is -0.150. The standard InChI is InChI=1S/C21H22N6O7S2/c1-2-26-18(32)16(30)24-25-21(26)36-8-10-7-35-19-13(17(31)27(19)14(10)20(33)34)23-15(29)12(22)9-3-5-11(28)6-4-9/h3-6,12-13,19,28H,2,7-8,22H2,1H3,(H,23,29)(H,24,30)(H,33,34)/t12-,13-,19+/m1/s1. The minimum absolute atomic E-state index is 0.0195. The van der Waals surface area contributed by atoms with Crippen molar-refractivity contribution >= 4 is 41.3 Å². The number of H-pyrrole nitrogens is 1. The number of hydrogen-bond acceptors (Lipinski definition) is 10. The molecule has 2 amide bonds. The molecule has 1 aromatic heterocycles. The van der Waals surface area contributed by atoms with E-state index >= 15 is 0 Å². The molecule has 2 aliphatic heterocycles. The summed E-state index contributed by atoms with van der Waals surface area (Å²) in [6.07, 6.45) is 0. The summed E-state index contributed by atoms with van der Waals surface area (Å²) in [7, 11) is 0. The minimum atomic E-state index is -1.29. The first-order valence-electron chi connectivity index (χ1n) is 10.7. The van der Waals surface area contributed by atoms with Crippen LogP contribution < -0.4 is 22.2 Å². The molecule has 0 spiro atoms. The number of carboxylic acid groups (broad SMARTS) is 1. The highest BCUT2D eigenvalue weighted by Gasteiger charge is 2.54. The van der Waals surface area contributed by atoms with E-state index in [0.717, 1.165) is 16.7 Å². The predicted molar refractivity (Wildman–Crippen MR) is 130 cm³/mol. The number of carbonyl (C=O) groups is 3. The molecule has 13 nitrogen and oxygen atoms in total. The highest BCUT2D eigenvalue weighted by atomic mass is 32.2. The number of rotatable bonds is 8. The molecule has 1 fully saturated rings. The minimum Gasteiger partial charge on any atom is -0.508 e. The monoisotopic (exact) mass is 534 g/mol. The third-order valence-electron chi connectivity index (χ3n) is 5.70. The Morgan fingerprint density at radius 3 is 2.64 bits per heavy atom. The molecular formula is C21H22N6O7S2. The number of phenolic OH excluding ortho intramolecular Hbond substituents is 1. The van der Waals surface area contributed by atoms with Crippen LogP contribution in [-0.4, -0.2) is 70.6 Å². The van der Waals surface area contributed by atoms with Gasteiger partial charge in [0.1, 0.15) is 28.9 Å². The third-order valence-corrected chi connectivity index (χ3v) is 8.10. The van der Waals surface area contributed by atoms with Crippen molar-refractivity contribution in [3.8, 4) is 5.75 Å². The largest absolute Gasteiger partial charge is 0.508 e. The number of nitrogens with one attached hydrogen (secondary N) is 2.